The zero-order valence-corrected chi connectivity index (χ0v) is 68.4. The minimum atomic E-state index is -4.61. The molecule has 0 radical (unpaired) electrons. The van der Waals surface area contributed by atoms with Gasteiger partial charge in [0.05, 0.1) is 78.3 Å². The average molecular weight is 1720 g/mol. The molecule has 12 aromatic rings. The Hall–Kier alpha value is -12.0. The lowest BCUT2D eigenvalue weighted by Gasteiger charge is -2.48. The number of amidine groups is 1. The number of nitrogens with two attached hydrogens (primary N) is 3. The zero-order valence-electron chi connectivity index (χ0n) is 65.2. The number of thiophene rings is 1. The number of phenols is 1. The van der Waals surface area contributed by atoms with Crippen LogP contribution in [0.2, 0.25) is 10.0 Å². The maximum atomic E-state index is 15.0. The summed E-state index contributed by atoms with van der Waals surface area (Å²) in [5.74, 6) is -1.35. The van der Waals surface area contributed by atoms with E-state index in [1.54, 1.807) is 99.7 Å². The molecule has 0 saturated carbocycles. The number of piperazine rings is 2. The van der Waals surface area contributed by atoms with Gasteiger partial charge in [-0.25, -0.2) is 41.2 Å². The van der Waals surface area contributed by atoms with Gasteiger partial charge in [0.2, 0.25) is 27.3 Å². The standard InChI is InChI=1S/C24H21F2NO3.C18H20FN3O4.C17H14F3N3O2S.C17H20N4S.C9H7Cl2N5/c25-17-5-1-15(2-6-17)22(29)14-13-21-23(16-3-11-20(28)12-4-16)27(24(21)30)19-9-7-18(26)8-10-19;1-10-9-26-17-14-11(16(23)12(18(24)25)8-22(10)14)7-13(19)15(17)21-5-3-20(2)4-6-21;1-11-2-4-12(5-3-11)15-10-16(17(18,19)20)22-23(15)13-6-8-14(9-7-13)26(21,24)25;1-12-11-13-16(21-9-7-20(2)8-10-21)18-14-5-3-4-6-15(14)19-17(13)22-12;10-5-3-1-2-4(6(5)11)7-8(12)14-9(13)16-15-7/h1-12,21-23,28-29H,13-14H2;7-8,10H,3-6,9H2,1-2H3,(H,24,25);2-10H,1H3,(H2,21,24,25);3-6,11,19H,7-10H2,1-2H3;1-3H,(H4,12,13,14,16)/t21-,22+,23-;10-;;;/m10.../s1. The van der Waals surface area contributed by atoms with Gasteiger partial charge in [0.1, 0.15) is 51.8 Å². The fourth-order valence-corrected chi connectivity index (χ4v) is 16.1. The maximum Gasteiger partial charge on any atom is 0.435 e. The minimum absolute atomic E-state index is 0.0133. The monoisotopic (exact) mass is 1720 g/mol. The number of nitrogens with one attached hydrogen (secondary N) is 1. The fourth-order valence-electron chi connectivity index (χ4n) is 14.3. The highest BCUT2D eigenvalue weighted by Crippen LogP contribution is 2.48. The number of carbonyl (C=O) groups is 2. The van der Waals surface area contributed by atoms with Crippen molar-refractivity contribution < 1.29 is 64.4 Å². The first-order chi connectivity index (χ1) is 57.2. The maximum absolute atomic E-state index is 15.0. The minimum Gasteiger partial charge on any atom is -0.508 e. The smallest absolute Gasteiger partial charge is 0.435 e. The molecule has 1 amide bonds. The number of aromatic nitrogens is 6. The number of benzene rings is 8. The predicted octanol–water partition coefficient (Wildman–Crippen LogP) is 15.4. The Kier molecular flexibility index (Phi) is 26.0. The highest BCUT2D eigenvalue weighted by atomic mass is 35.5. The number of phenolic OH excluding ortho intramolecular Hbond substituents is 1. The van der Waals surface area contributed by atoms with Crippen molar-refractivity contribution >= 4 is 113 Å². The van der Waals surface area contributed by atoms with Gasteiger partial charge in [-0.1, -0.05) is 102 Å². The first kappa shape index (κ1) is 85.9. The quantitative estimate of drug-likeness (QED) is 0.0441. The molecule has 5 aliphatic heterocycles. The van der Waals surface area contributed by atoms with Crippen molar-refractivity contribution in [1.82, 2.24) is 44.2 Å². The van der Waals surface area contributed by atoms with E-state index in [0.29, 0.717) is 81.0 Å². The molecule has 17 rings (SSSR count). The summed E-state index contributed by atoms with van der Waals surface area (Å²) in [5, 5.41) is 51.1. The fraction of sp³-hybridized carbons (Fsp3) is 0.247. The number of carboxylic acids is 1. The summed E-state index contributed by atoms with van der Waals surface area (Å²) < 4.78 is 112. The molecular formula is C85H82Cl2F6N16O9S2. The van der Waals surface area contributed by atoms with E-state index >= 15 is 0 Å². The Labute approximate surface area is 699 Å². The summed E-state index contributed by atoms with van der Waals surface area (Å²) in [4.78, 5) is 57.4. The molecule has 5 aliphatic rings. The molecule has 0 spiro atoms. The van der Waals surface area contributed by atoms with Crippen LogP contribution in [0.5, 0.6) is 11.5 Å². The van der Waals surface area contributed by atoms with E-state index in [9.17, 15) is 64.5 Å². The zero-order chi connectivity index (χ0) is 85.8. The number of carbonyl (C=O) groups excluding carboxylic acids is 1. The Bertz CT molecular complexity index is 5980. The van der Waals surface area contributed by atoms with Crippen LogP contribution in [0.4, 0.5) is 65.9 Å². The summed E-state index contributed by atoms with van der Waals surface area (Å²) in [7, 11) is 0.303. The summed E-state index contributed by atoms with van der Waals surface area (Å²) >= 11 is 13.7. The van der Waals surface area contributed by atoms with Crippen LogP contribution in [0, 0.1) is 37.2 Å². The van der Waals surface area contributed by atoms with E-state index in [1.807, 2.05) is 25.8 Å². The van der Waals surface area contributed by atoms with Gasteiger partial charge < -0.3 is 65.9 Å². The number of hydrogen-bond acceptors (Lipinski definition) is 21. The van der Waals surface area contributed by atoms with Crippen molar-refractivity contribution in [1.29, 1.82) is 0 Å². The van der Waals surface area contributed by atoms with Gasteiger partial charge in [-0.05, 0) is 168 Å². The number of primary sulfonamides is 1. The molecule has 0 aliphatic carbocycles. The molecule has 624 valence electrons. The summed E-state index contributed by atoms with van der Waals surface area (Å²) in [5.41, 5.74) is 18.1. The largest absolute Gasteiger partial charge is 0.508 e. The third kappa shape index (κ3) is 19.3. The second-order valence-corrected chi connectivity index (χ2v) is 32.7. The van der Waals surface area contributed by atoms with Gasteiger partial charge in [-0.15, -0.1) is 21.5 Å². The SMILES string of the molecule is C[C@H]1COc2c(N3CCN(C)CC3)c(F)cc3c(=O)c(C(=O)O)cn1c23.Cc1cc2c(s1)Nc1ccccc1N=C2N1CCN(C)CC1.Cc1ccc(-c2cc(C(F)(F)F)nn2-c2ccc(S(N)(=O)=O)cc2)cc1.Nc1nnc(-c2cccc(Cl)c2Cl)c(N)n1.O=C1[C@H](CC[C@H](O)c2ccc(F)cc2)[C@@H](c2ccc(O)cc2)N1c1ccc(F)cc1. The number of sulfonamides is 1. The molecule has 120 heavy (non-hydrogen) atoms. The lowest BCUT2D eigenvalue weighted by atomic mass is 9.78. The molecule has 0 bridgehead atoms. The third-order valence-corrected chi connectivity index (χ3v) is 23.4. The lowest BCUT2D eigenvalue weighted by Crippen LogP contribution is -2.55. The van der Waals surface area contributed by atoms with Crippen LogP contribution in [0.3, 0.4) is 0 Å². The summed E-state index contributed by atoms with van der Waals surface area (Å²) in [6.07, 6.45) is -3.30. The average Bonchev–Trinajstić information content (AvgIpc) is 1.36. The number of para-hydroxylation sites is 2. The van der Waals surface area contributed by atoms with E-state index in [0.717, 1.165) is 84.4 Å². The number of pyridine rings is 1. The molecule has 4 atom stereocenters. The molecule has 3 saturated heterocycles. The number of rotatable bonds is 12. The van der Waals surface area contributed by atoms with Crippen LogP contribution < -0.4 is 41.9 Å². The van der Waals surface area contributed by atoms with Crippen molar-refractivity contribution in [3.8, 4) is 39.7 Å². The van der Waals surface area contributed by atoms with Gasteiger partial charge in [0.25, 0.3) is 0 Å². The second kappa shape index (κ2) is 36.3. The van der Waals surface area contributed by atoms with Gasteiger partial charge in [-0.2, -0.15) is 23.3 Å². The molecule has 10 N–H and O–H groups in total. The van der Waals surface area contributed by atoms with Crippen molar-refractivity contribution in [2.75, 3.05) is 99.6 Å². The number of aliphatic hydroxyl groups excluding tert-OH is 1. The van der Waals surface area contributed by atoms with Crippen molar-refractivity contribution in [2.24, 2.45) is 16.0 Å². The molecule has 35 heteroatoms. The Morgan fingerprint density at radius 1 is 0.750 bits per heavy atom. The van der Waals surface area contributed by atoms with E-state index in [4.69, 9.17) is 49.5 Å². The van der Waals surface area contributed by atoms with Crippen LogP contribution >= 0.6 is 34.5 Å². The number of halogens is 8. The summed E-state index contributed by atoms with van der Waals surface area (Å²) in [6, 6.07) is 47.5. The van der Waals surface area contributed by atoms with E-state index in [1.165, 1.54) is 82.3 Å². The molecule has 25 nitrogen and oxygen atoms in total. The molecular weight excluding hydrogens is 1640 g/mol. The van der Waals surface area contributed by atoms with Crippen molar-refractivity contribution in [3.05, 3.63) is 264 Å². The van der Waals surface area contributed by atoms with E-state index in [2.05, 4.69) is 84.6 Å². The highest BCUT2D eigenvalue weighted by molar-refractivity contribution is 7.89. The number of nitrogen functional groups attached to an aromatic ring is 2. The first-order valence-electron chi connectivity index (χ1n) is 37.8. The molecule has 8 aromatic carbocycles. The van der Waals surface area contributed by atoms with Gasteiger partial charge in [-0.3, -0.25) is 9.59 Å². The lowest BCUT2D eigenvalue weighted by molar-refractivity contribution is -0.141. The topological polar surface area (TPSA) is 335 Å². The Morgan fingerprint density at radius 2 is 1.38 bits per heavy atom. The van der Waals surface area contributed by atoms with Crippen molar-refractivity contribution in [2.45, 2.75) is 62.9 Å². The number of aliphatic hydroxyl groups is 1. The number of likely N-dealkylation sites (N-methyl/N-ethyl adjacent to an activating group) is 2. The van der Waals surface area contributed by atoms with Crippen LogP contribution in [0.15, 0.2) is 203 Å². The van der Waals surface area contributed by atoms with E-state index < -0.39 is 45.2 Å². The summed E-state index contributed by atoms with van der Waals surface area (Å²) in [6.45, 7) is 13.4. The number of nitrogens with zero attached hydrogens (tertiary/aromatic N) is 12. The van der Waals surface area contributed by atoms with Crippen LogP contribution in [0.25, 0.3) is 39.1 Å². The number of fused-ring (bicyclic) bond motifs is 2. The number of alkyl halides is 3. The van der Waals surface area contributed by atoms with Gasteiger partial charge in [0, 0.05) is 80.2 Å². The third-order valence-electron chi connectivity index (χ3n) is 20.7. The highest BCUT2D eigenvalue weighted by Gasteiger charge is 2.49. The number of aryl methyl sites for hydroxylation is 2. The predicted molar refractivity (Wildman–Crippen MR) is 452 cm³/mol. The first-order valence-corrected chi connectivity index (χ1v) is 40.9. The molecule has 4 aromatic heterocycles. The van der Waals surface area contributed by atoms with Crippen LogP contribution in [-0.4, -0.2) is 159 Å². The van der Waals surface area contributed by atoms with Crippen LogP contribution in [-0.2, 0) is 21.0 Å². The Balaban J connectivity index is 0.000000131. The molecule has 9 heterocycles. The molecule has 0 unspecified atom stereocenters. The van der Waals surface area contributed by atoms with Gasteiger partial charge >= 0.3 is 12.1 Å². The number of hydrogen-bond donors (Lipinski definition) is 7. The number of ether oxygens (including phenoxy) is 1. The van der Waals surface area contributed by atoms with Gasteiger partial charge in [0.15, 0.2) is 23.1 Å². The number of carboxylic acid groups (broad SMARTS) is 1. The number of amides is 1. The number of aromatic hydroxyl groups is 1. The van der Waals surface area contributed by atoms with Crippen LogP contribution in [0.1, 0.15) is 81.1 Å². The number of aromatic carboxylic acids is 1. The van der Waals surface area contributed by atoms with E-state index in [-0.39, 0.29) is 86.9 Å². The number of aliphatic imine (C=N–C) groups is 1. The molecule has 3 fully saturated rings. The number of β-lactam (4-membered cyclic amide) rings is 1. The number of anilines is 6. The van der Waals surface area contributed by atoms with Crippen molar-refractivity contribution in [3.63, 3.8) is 0 Å². The Morgan fingerprint density at radius 3 is 2.00 bits per heavy atom. The normalized spacial score (nSPS) is 16.6. The second-order valence-electron chi connectivity index (χ2n) is 29.1.